The molecule has 0 radical (unpaired) electrons. The lowest BCUT2D eigenvalue weighted by atomic mass is 10.1. The maximum Gasteiger partial charge on any atom is 0.253 e. The predicted octanol–water partition coefficient (Wildman–Crippen LogP) is 2.40. The van der Waals surface area contributed by atoms with Crippen LogP contribution in [0.25, 0.3) is 11.1 Å². The van der Waals surface area contributed by atoms with Gasteiger partial charge in [0, 0.05) is 23.7 Å². The third-order valence-electron chi connectivity index (χ3n) is 3.70. The van der Waals surface area contributed by atoms with Gasteiger partial charge in [0.1, 0.15) is 12.4 Å². The molecule has 0 N–H and O–H groups in total. The van der Waals surface area contributed by atoms with Crippen LogP contribution in [-0.4, -0.2) is 27.9 Å². The molecule has 0 atom stereocenters. The number of aryl methyl sites for hydroxylation is 2. The fourth-order valence-corrected chi connectivity index (χ4v) is 3.26. The summed E-state index contributed by atoms with van der Waals surface area (Å²) >= 11 is 0. The third kappa shape index (κ3) is 4.15. The Hall–Kier alpha value is -2.32. The zero-order chi connectivity index (χ0) is 17.9. The summed E-state index contributed by atoms with van der Waals surface area (Å²) in [6, 6.07) is 7.43. The third-order valence-corrected chi connectivity index (χ3v) is 5.20. The van der Waals surface area contributed by atoms with Gasteiger partial charge in [-0.15, -0.1) is 5.92 Å². The summed E-state index contributed by atoms with van der Waals surface area (Å²) in [5.41, 5.74) is 2.39. The van der Waals surface area contributed by atoms with Crippen molar-refractivity contribution in [3.63, 3.8) is 0 Å². The highest BCUT2D eigenvalue weighted by Crippen LogP contribution is 2.29. The summed E-state index contributed by atoms with van der Waals surface area (Å²) in [5, 5.41) is 0. The second-order valence-corrected chi connectivity index (χ2v) is 9.33. The van der Waals surface area contributed by atoms with E-state index in [1.165, 1.54) is 0 Å². The Balaban J connectivity index is 2.59. The Bertz CT molecular complexity index is 900. The smallest absolute Gasteiger partial charge is 0.253 e. The number of aromatic nitrogens is 1. The molecule has 0 unspecified atom stereocenters. The SMILES string of the molecule is CC#CCOc1cc(-c2cc(C)c(=O)n(C)c2)cc([SH](C)(C)=O)c1. The molecule has 0 aliphatic heterocycles. The fourth-order valence-electron chi connectivity index (χ4n) is 2.37. The van der Waals surface area contributed by atoms with Crippen molar-refractivity contribution >= 4 is 9.93 Å². The highest BCUT2D eigenvalue weighted by atomic mass is 32.2. The molecule has 0 saturated carbocycles. The van der Waals surface area contributed by atoms with Crippen molar-refractivity contribution in [1.82, 2.24) is 4.57 Å². The number of rotatable bonds is 4. The number of pyridine rings is 1. The topological polar surface area (TPSA) is 48.3 Å². The van der Waals surface area contributed by atoms with Gasteiger partial charge in [-0.1, -0.05) is 15.9 Å². The first kappa shape index (κ1) is 18.0. The molecule has 0 fully saturated rings. The summed E-state index contributed by atoms with van der Waals surface area (Å²) in [6.45, 7) is 3.82. The van der Waals surface area contributed by atoms with Crippen molar-refractivity contribution in [3.8, 4) is 28.7 Å². The average molecular weight is 345 g/mol. The Morgan fingerprint density at radius 1 is 1.17 bits per heavy atom. The quantitative estimate of drug-likeness (QED) is 0.684. The van der Waals surface area contributed by atoms with Crippen LogP contribution in [0.4, 0.5) is 0 Å². The van der Waals surface area contributed by atoms with Crippen LogP contribution in [0.5, 0.6) is 5.75 Å². The van der Waals surface area contributed by atoms with Gasteiger partial charge < -0.3 is 9.30 Å². The molecular weight excluding hydrogens is 322 g/mol. The van der Waals surface area contributed by atoms with Crippen molar-refractivity contribution in [2.75, 3.05) is 19.1 Å². The lowest BCUT2D eigenvalue weighted by Crippen LogP contribution is -2.18. The van der Waals surface area contributed by atoms with Crippen LogP contribution in [0.1, 0.15) is 12.5 Å². The number of hydrogen-bond acceptors (Lipinski definition) is 3. The highest BCUT2D eigenvalue weighted by molar-refractivity contribution is 8.01. The summed E-state index contributed by atoms with van der Waals surface area (Å²) < 4.78 is 19.8. The first-order chi connectivity index (χ1) is 11.2. The van der Waals surface area contributed by atoms with Gasteiger partial charge in [-0.2, -0.15) is 0 Å². The van der Waals surface area contributed by atoms with E-state index in [9.17, 15) is 9.00 Å². The van der Waals surface area contributed by atoms with Crippen LogP contribution in [0.2, 0.25) is 0 Å². The van der Waals surface area contributed by atoms with E-state index in [0.717, 1.165) is 16.0 Å². The minimum atomic E-state index is -2.45. The molecule has 0 spiro atoms. The zero-order valence-corrected chi connectivity index (χ0v) is 15.6. The molecule has 24 heavy (non-hydrogen) atoms. The lowest BCUT2D eigenvalue weighted by Gasteiger charge is -2.17. The second kappa shape index (κ2) is 7.06. The van der Waals surface area contributed by atoms with Crippen molar-refractivity contribution in [3.05, 3.63) is 46.4 Å². The molecule has 4 nitrogen and oxygen atoms in total. The van der Waals surface area contributed by atoms with E-state index in [1.807, 2.05) is 18.2 Å². The lowest BCUT2D eigenvalue weighted by molar-refractivity contribution is 0.369. The van der Waals surface area contributed by atoms with E-state index in [4.69, 9.17) is 4.74 Å². The van der Waals surface area contributed by atoms with Crippen LogP contribution in [0.15, 0.2) is 40.2 Å². The van der Waals surface area contributed by atoms with E-state index < -0.39 is 9.93 Å². The second-order valence-electron chi connectivity index (χ2n) is 6.11. The molecule has 2 rings (SSSR count). The van der Waals surface area contributed by atoms with Gasteiger partial charge in [0.05, 0.1) is 0 Å². The molecule has 1 heterocycles. The summed E-state index contributed by atoms with van der Waals surface area (Å²) in [6.07, 6.45) is 5.24. The normalized spacial score (nSPS) is 11.5. The highest BCUT2D eigenvalue weighted by Gasteiger charge is 2.12. The minimum absolute atomic E-state index is 0.0266. The number of nitrogens with zero attached hydrogens (tertiary/aromatic N) is 1. The summed E-state index contributed by atoms with van der Waals surface area (Å²) in [7, 11) is -0.726. The average Bonchev–Trinajstić information content (AvgIpc) is 2.51. The van der Waals surface area contributed by atoms with Gasteiger partial charge in [-0.25, -0.2) is 0 Å². The molecular formula is C19H23NO3S. The number of ether oxygens (including phenoxy) is 1. The molecule has 5 heteroatoms. The van der Waals surface area contributed by atoms with Crippen molar-refractivity contribution < 1.29 is 8.95 Å². The largest absolute Gasteiger partial charge is 0.481 e. The molecule has 128 valence electrons. The van der Waals surface area contributed by atoms with Gasteiger partial charge in [-0.3, -0.25) is 9.00 Å². The summed E-state index contributed by atoms with van der Waals surface area (Å²) in [4.78, 5) is 12.6. The summed E-state index contributed by atoms with van der Waals surface area (Å²) in [5.74, 6) is 6.26. The Labute approximate surface area is 143 Å². The first-order valence-electron chi connectivity index (χ1n) is 7.63. The number of benzene rings is 1. The van der Waals surface area contributed by atoms with Crippen molar-refractivity contribution in [2.24, 2.45) is 7.05 Å². The van der Waals surface area contributed by atoms with Crippen molar-refractivity contribution in [1.29, 1.82) is 0 Å². The van der Waals surface area contributed by atoms with E-state index in [1.54, 1.807) is 50.2 Å². The van der Waals surface area contributed by atoms with Crippen LogP contribution < -0.4 is 10.3 Å². The van der Waals surface area contributed by atoms with Gasteiger partial charge >= 0.3 is 0 Å². The molecule has 0 saturated heterocycles. The molecule has 0 aliphatic rings. The molecule has 0 bridgehead atoms. The van der Waals surface area contributed by atoms with Crippen LogP contribution in [0.3, 0.4) is 0 Å². The van der Waals surface area contributed by atoms with Crippen molar-refractivity contribution in [2.45, 2.75) is 18.7 Å². The number of hydrogen-bond donors (Lipinski definition) is 1. The Kier molecular flexibility index (Phi) is 5.30. The van der Waals surface area contributed by atoms with E-state index in [-0.39, 0.29) is 12.2 Å². The molecule has 0 amide bonds. The maximum absolute atomic E-state index is 12.5. The minimum Gasteiger partial charge on any atom is -0.481 e. The fraction of sp³-hybridized carbons (Fsp3) is 0.316. The van der Waals surface area contributed by atoms with Gasteiger partial charge in [-0.05, 0) is 61.8 Å². The van der Waals surface area contributed by atoms with Crippen LogP contribution >= 0.6 is 0 Å². The first-order valence-corrected chi connectivity index (χ1v) is 10.2. The monoisotopic (exact) mass is 345 g/mol. The molecule has 0 aliphatic carbocycles. The van der Waals surface area contributed by atoms with E-state index in [0.29, 0.717) is 11.3 Å². The van der Waals surface area contributed by atoms with Crippen LogP contribution in [0, 0.1) is 18.8 Å². The van der Waals surface area contributed by atoms with Gasteiger partial charge in [0.15, 0.2) is 0 Å². The van der Waals surface area contributed by atoms with Crippen LogP contribution in [-0.2, 0) is 17.0 Å². The molecule has 1 aromatic heterocycles. The zero-order valence-electron chi connectivity index (χ0n) is 14.7. The van der Waals surface area contributed by atoms with Gasteiger partial charge in [0.2, 0.25) is 0 Å². The molecule has 1 aromatic carbocycles. The van der Waals surface area contributed by atoms with E-state index in [2.05, 4.69) is 11.8 Å². The van der Waals surface area contributed by atoms with Gasteiger partial charge in [0.25, 0.3) is 5.56 Å². The number of thiol groups is 1. The molecule has 2 aromatic rings. The Morgan fingerprint density at radius 2 is 1.88 bits per heavy atom. The maximum atomic E-state index is 12.5. The standard InChI is InChI=1S/C19H23NO3S/c1-6-7-8-23-17-10-15(11-18(12-17)24(4,5)22)16-9-14(2)19(21)20(3)13-16/h9-13,24H,8H2,1-5H3. The predicted molar refractivity (Wildman–Crippen MR) is 100 cm³/mol. The Morgan fingerprint density at radius 3 is 2.46 bits per heavy atom. The van der Waals surface area contributed by atoms with E-state index >= 15 is 0 Å².